The summed E-state index contributed by atoms with van der Waals surface area (Å²) in [5.41, 5.74) is 1.36. The van der Waals surface area contributed by atoms with Gasteiger partial charge in [0, 0.05) is 17.2 Å². The van der Waals surface area contributed by atoms with E-state index in [1.807, 2.05) is 18.2 Å². The fourth-order valence-corrected chi connectivity index (χ4v) is 2.92. The Labute approximate surface area is 123 Å². The minimum absolute atomic E-state index is 0.0582. The molecule has 0 unspecified atom stereocenters. The van der Waals surface area contributed by atoms with Crippen molar-refractivity contribution in [2.45, 2.75) is 10.8 Å². The first kappa shape index (κ1) is 13.8. The average Bonchev–Trinajstić information content (AvgIpc) is 2.49. The predicted octanol–water partition coefficient (Wildman–Crippen LogP) is 4.10. The lowest BCUT2D eigenvalue weighted by Crippen LogP contribution is -2.02. The Morgan fingerprint density at radius 1 is 1.00 bits per heavy atom. The third-order valence-corrected chi connectivity index (χ3v) is 4.10. The Morgan fingerprint density at radius 2 is 1.81 bits per heavy atom. The fourth-order valence-electron chi connectivity index (χ4n) is 2.04. The van der Waals surface area contributed by atoms with E-state index in [9.17, 15) is 13.6 Å². The van der Waals surface area contributed by atoms with Gasteiger partial charge in [0.2, 0.25) is 0 Å². The van der Waals surface area contributed by atoms with Crippen LogP contribution in [-0.2, 0) is 5.75 Å². The number of pyridine rings is 1. The number of aromatic nitrogens is 1. The fraction of sp³-hybridized carbons (Fsp3) is 0.0625. The van der Waals surface area contributed by atoms with Gasteiger partial charge in [0.1, 0.15) is 0 Å². The number of thioether (sulfide) groups is 1. The van der Waals surface area contributed by atoms with E-state index in [-0.39, 0.29) is 5.43 Å². The minimum atomic E-state index is -0.861. The SMILES string of the molecule is O=c1cc(SCc2ccc(F)c(F)c2)[nH]c2ccccc12. The molecule has 0 radical (unpaired) electrons. The highest BCUT2D eigenvalue weighted by Gasteiger charge is 2.05. The molecule has 0 saturated carbocycles. The summed E-state index contributed by atoms with van der Waals surface area (Å²) in [7, 11) is 0. The number of nitrogens with one attached hydrogen (secondary N) is 1. The number of para-hydroxylation sites is 1. The standard InChI is InChI=1S/C16H11F2NOS/c17-12-6-5-10(7-13(12)18)9-21-16-8-15(20)11-3-1-2-4-14(11)19-16/h1-8H,9H2,(H,19,20). The summed E-state index contributed by atoms with van der Waals surface area (Å²) >= 11 is 1.37. The molecular formula is C16H11F2NOS. The second kappa shape index (κ2) is 5.69. The summed E-state index contributed by atoms with van der Waals surface area (Å²) < 4.78 is 26.0. The summed E-state index contributed by atoms with van der Waals surface area (Å²) in [6.07, 6.45) is 0. The van der Waals surface area contributed by atoms with Crippen LogP contribution in [0.2, 0.25) is 0 Å². The Kier molecular flexibility index (Phi) is 3.75. The predicted molar refractivity (Wildman–Crippen MR) is 80.5 cm³/mol. The summed E-state index contributed by atoms with van der Waals surface area (Å²) in [6, 6.07) is 12.6. The topological polar surface area (TPSA) is 32.9 Å². The molecular weight excluding hydrogens is 292 g/mol. The van der Waals surface area contributed by atoms with Crippen LogP contribution >= 0.6 is 11.8 Å². The van der Waals surface area contributed by atoms with Crippen LogP contribution in [0.25, 0.3) is 10.9 Å². The molecule has 0 spiro atoms. The van der Waals surface area contributed by atoms with Crippen molar-refractivity contribution < 1.29 is 8.78 Å². The van der Waals surface area contributed by atoms with Gasteiger partial charge < -0.3 is 4.98 Å². The van der Waals surface area contributed by atoms with Crippen molar-refractivity contribution >= 4 is 22.7 Å². The quantitative estimate of drug-likeness (QED) is 0.739. The lowest BCUT2D eigenvalue weighted by Gasteiger charge is -2.05. The molecule has 1 heterocycles. The van der Waals surface area contributed by atoms with Crippen LogP contribution in [0.1, 0.15) is 5.56 Å². The molecule has 2 nitrogen and oxygen atoms in total. The minimum Gasteiger partial charge on any atom is -0.350 e. The van der Waals surface area contributed by atoms with Gasteiger partial charge in [-0.3, -0.25) is 4.79 Å². The summed E-state index contributed by atoms with van der Waals surface area (Å²) in [5, 5.41) is 1.33. The van der Waals surface area contributed by atoms with E-state index < -0.39 is 11.6 Å². The van der Waals surface area contributed by atoms with Crippen LogP contribution in [-0.4, -0.2) is 4.98 Å². The molecule has 106 valence electrons. The van der Waals surface area contributed by atoms with Gasteiger partial charge in [-0.2, -0.15) is 0 Å². The van der Waals surface area contributed by atoms with Crippen molar-refractivity contribution in [3.63, 3.8) is 0 Å². The molecule has 3 aromatic rings. The molecule has 21 heavy (non-hydrogen) atoms. The summed E-state index contributed by atoms with van der Waals surface area (Å²) in [4.78, 5) is 15.1. The van der Waals surface area contributed by atoms with Crippen LogP contribution in [0.4, 0.5) is 8.78 Å². The lowest BCUT2D eigenvalue weighted by atomic mass is 10.2. The maximum Gasteiger partial charge on any atom is 0.190 e. The maximum atomic E-state index is 13.1. The average molecular weight is 303 g/mol. The van der Waals surface area contributed by atoms with Crippen molar-refractivity contribution in [1.82, 2.24) is 4.98 Å². The number of fused-ring (bicyclic) bond motifs is 1. The molecule has 1 N–H and O–H groups in total. The Hall–Kier alpha value is -2.14. The van der Waals surface area contributed by atoms with Gasteiger partial charge >= 0.3 is 0 Å². The van der Waals surface area contributed by atoms with Gasteiger partial charge in [0.25, 0.3) is 0 Å². The maximum absolute atomic E-state index is 13.1. The number of hydrogen-bond acceptors (Lipinski definition) is 2. The smallest absolute Gasteiger partial charge is 0.190 e. The number of hydrogen-bond donors (Lipinski definition) is 1. The highest BCUT2D eigenvalue weighted by atomic mass is 32.2. The molecule has 0 saturated heterocycles. The molecule has 0 amide bonds. The Bertz CT molecular complexity index is 860. The van der Waals surface area contributed by atoms with Gasteiger partial charge in [-0.05, 0) is 29.8 Å². The normalized spacial score (nSPS) is 11.0. The van der Waals surface area contributed by atoms with Gasteiger partial charge in [0.05, 0.1) is 10.5 Å². The van der Waals surface area contributed by atoms with E-state index in [0.29, 0.717) is 21.7 Å². The van der Waals surface area contributed by atoms with E-state index >= 15 is 0 Å². The zero-order chi connectivity index (χ0) is 14.8. The molecule has 3 rings (SSSR count). The first-order valence-corrected chi connectivity index (χ1v) is 7.31. The van der Waals surface area contributed by atoms with Crippen LogP contribution in [0.15, 0.2) is 58.4 Å². The van der Waals surface area contributed by atoms with Crippen LogP contribution < -0.4 is 5.43 Å². The number of H-pyrrole nitrogens is 1. The second-order valence-electron chi connectivity index (χ2n) is 4.58. The summed E-state index contributed by atoms with van der Waals surface area (Å²) in [6.45, 7) is 0. The molecule has 0 bridgehead atoms. The largest absolute Gasteiger partial charge is 0.350 e. The lowest BCUT2D eigenvalue weighted by molar-refractivity contribution is 0.507. The first-order chi connectivity index (χ1) is 10.1. The molecule has 1 aromatic heterocycles. The highest BCUT2D eigenvalue weighted by Crippen LogP contribution is 2.22. The zero-order valence-electron chi connectivity index (χ0n) is 10.9. The van der Waals surface area contributed by atoms with E-state index in [1.54, 1.807) is 6.07 Å². The number of aromatic amines is 1. The molecule has 0 aliphatic rings. The van der Waals surface area contributed by atoms with Crippen LogP contribution in [0.3, 0.4) is 0 Å². The van der Waals surface area contributed by atoms with Gasteiger partial charge in [-0.1, -0.05) is 18.2 Å². The first-order valence-electron chi connectivity index (χ1n) is 6.32. The summed E-state index contributed by atoms with van der Waals surface area (Å²) in [5.74, 6) is -1.27. The van der Waals surface area contributed by atoms with Crippen molar-refractivity contribution in [3.8, 4) is 0 Å². The highest BCUT2D eigenvalue weighted by molar-refractivity contribution is 7.98. The Balaban J connectivity index is 1.85. The molecule has 5 heteroatoms. The van der Waals surface area contributed by atoms with E-state index in [1.165, 1.54) is 30.0 Å². The zero-order valence-corrected chi connectivity index (χ0v) is 11.7. The van der Waals surface area contributed by atoms with Gasteiger partial charge in [0.15, 0.2) is 17.1 Å². The monoisotopic (exact) mass is 303 g/mol. The molecule has 0 atom stereocenters. The van der Waals surface area contributed by atoms with E-state index in [4.69, 9.17) is 0 Å². The van der Waals surface area contributed by atoms with E-state index in [2.05, 4.69) is 4.98 Å². The molecule has 0 aliphatic carbocycles. The number of rotatable bonds is 3. The van der Waals surface area contributed by atoms with Crippen molar-refractivity contribution in [2.75, 3.05) is 0 Å². The third-order valence-electron chi connectivity index (χ3n) is 3.09. The molecule has 2 aromatic carbocycles. The van der Waals surface area contributed by atoms with Crippen molar-refractivity contribution in [1.29, 1.82) is 0 Å². The van der Waals surface area contributed by atoms with Crippen molar-refractivity contribution in [3.05, 3.63) is 76.0 Å². The van der Waals surface area contributed by atoms with Gasteiger partial charge in [-0.15, -0.1) is 11.8 Å². The van der Waals surface area contributed by atoms with E-state index in [0.717, 1.165) is 11.6 Å². The second-order valence-corrected chi connectivity index (χ2v) is 5.60. The Morgan fingerprint density at radius 3 is 2.62 bits per heavy atom. The van der Waals surface area contributed by atoms with Crippen LogP contribution in [0.5, 0.6) is 0 Å². The van der Waals surface area contributed by atoms with Gasteiger partial charge in [-0.25, -0.2) is 8.78 Å². The third kappa shape index (κ3) is 2.97. The number of halogens is 2. The molecule has 0 fully saturated rings. The van der Waals surface area contributed by atoms with Crippen LogP contribution in [0, 0.1) is 11.6 Å². The number of benzene rings is 2. The van der Waals surface area contributed by atoms with Crippen molar-refractivity contribution in [2.24, 2.45) is 0 Å². The molecule has 0 aliphatic heterocycles.